The van der Waals surface area contributed by atoms with Crippen molar-refractivity contribution in [2.24, 2.45) is 0 Å². The van der Waals surface area contributed by atoms with Crippen LogP contribution >= 0.6 is 0 Å². The molecule has 1 saturated heterocycles. The third-order valence-electron chi connectivity index (χ3n) is 6.47. The van der Waals surface area contributed by atoms with Gasteiger partial charge in [-0.25, -0.2) is 9.67 Å². The van der Waals surface area contributed by atoms with Crippen LogP contribution in [0.1, 0.15) is 25.3 Å². The Bertz CT molecular complexity index is 1500. The number of rotatable bonds is 5. The summed E-state index contributed by atoms with van der Waals surface area (Å²) in [6.07, 6.45) is 4.95. The maximum Gasteiger partial charge on any atom is 0.252 e. The van der Waals surface area contributed by atoms with E-state index in [1.54, 1.807) is 29.3 Å². The SMILES string of the molecule is CC(C(=O)N[C@@H]1CCCOC1)(c1ccccc1)n1ncc2c1nc(N)n1nc(-c3ccco3)nc21. The van der Waals surface area contributed by atoms with E-state index in [2.05, 4.69) is 25.5 Å². The fraction of sp³-hybridized carbons (Fsp3) is 0.292. The van der Waals surface area contributed by atoms with Gasteiger partial charge in [0.1, 0.15) is 0 Å². The van der Waals surface area contributed by atoms with Gasteiger partial charge in [-0.05, 0) is 37.5 Å². The van der Waals surface area contributed by atoms with Crippen molar-refractivity contribution in [3.8, 4) is 11.6 Å². The summed E-state index contributed by atoms with van der Waals surface area (Å²) in [7, 11) is 0. The van der Waals surface area contributed by atoms with E-state index in [-0.39, 0.29) is 17.9 Å². The lowest BCUT2D eigenvalue weighted by Gasteiger charge is -2.33. The lowest BCUT2D eigenvalue weighted by Crippen LogP contribution is -2.52. The summed E-state index contributed by atoms with van der Waals surface area (Å²) in [6.45, 7) is 3.02. The standard InChI is InChI=1S/C24H24N8O3/c1-24(15-7-3-2-4-8-15,22(33)27-16-9-5-11-34-14-16)32-21-17(13-26-32)20-28-19(18-10-6-12-35-18)30-31(20)23(25)29-21/h2-4,6-8,10,12-13,16H,5,9,11,14H2,1H3,(H2,25,29)(H,27,33)/t16-,24?/m1/s1. The number of aromatic nitrogens is 6. The van der Waals surface area contributed by atoms with Gasteiger partial charge in [0.05, 0.1) is 30.5 Å². The molecule has 1 fully saturated rings. The number of amides is 1. The molecule has 4 aromatic heterocycles. The summed E-state index contributed by atoms with van der Waals surface area (Å²) >= 11 is 0. The summed E-state index contributed by atoms with van der Waals surface area (Å²) < 4.78 is 14.1. The topological polar surface area (TPSA) is 138 Å². The van der Waals surface area contributed by atoms with Crippen molar-refractivity contribution in [2.75, 3.05) is 18.9 Å². The molecule has 11 nitrogen and oxygen atoms in total. The largest absolute Gasteiger partial charge is 0.461 e. The molecule has 1 aliphatic rings. The van der Waals surface area contributed by atoms with Crippen LogP contribution in [0.5, 0.6) is 0 Å². The normalized spacial score (nSPS) is 18.0. The zero-order chi connectivity index (χ0) is 24.0. The average Bonchev–Trinajstić information content (AvgIpc) is 3.64. The number of nitrogen functional groups attached to an aromatic ring is 1. The van der Waals surface area contributed by atoms with E-state index in [4.69, 9.17) is 14.9 Å². The Kier molecular flexibility index (Phi) is 4.99. The van der Waals surface area contributed by atoms with Crippen LogP contribution in [0.4, 0.5) is 5.95 Å². The third-order valence-corrected chi connectivity index (χ3v) is 6.47. The molecule has 0 saturated carbocycles. The van der Waals surface area contributed by atoms with Gasteiger partial charge in [0, 0.05) is 6.61 Å². The fourth-order valence-corrected chi connectivity index (χ4v) is 4.54. The second-order valence-corrected chi connectivity index (χ2v) is 8.74. The van der Waals surface area contributed by atoms with Crippen LogP contribution in [0.15, 0.2) is 59.3 Å². The zero-order valence-electron chi connectivity index (χ0n) is 19.1. The maximum absolute atomic E-state index is 13.9. The highest BCUT2D eigenvalue weighted by Crippen LogP contribution is 2.32. The Morgan fingerprint density at radius 2 is 2.03 bits per heavy atom. The van der Waals surface area contributed by atoms with Gasteiger partial charge in [0.25, 0.3) is 5.91 Å². The highest BCUT2D eigenvalue weighted by molar-refractivity contribution is 5.94. The van der Waals surface area contributed by atoms with Crippen molar-refractivity contribution in [2.45, 2.75) is 31.3 Å². The number of fused-ring (bicyclic) bond motifs is 3. The number of nitrogens with zero attached hydrogens (tertiary/aromatic N) is 6. The van der Waals surface area contributed by atoms with Crippen molar-refractivity contribution >= 4 is 28.5 Å². The summed E-state index contributed by atoms with van der Waals surface area (Å²) in [5.41, 5.74) is 6.74. The number of ether oxygens (including phenoxy) is 1. The van der Waals surface area contributed by atoms with Gasteiger partial charge in [-0.1, -0.05) is 30.3 Å². The van der Waals surface area contributed by atoms with Crippen molar-refractivity contribution in [1.82, 2.24) is 34.7 Å². The number of carbonyl (C=O) groups is 1. The molecular formula is C24H24N8O3. The second kappa shape index (κ2) is 8.20. The monoisotopic (exact) mass is 472 g/mol. The Morgan fingerprint density at radius 3 is 2.77 bits per heavy atom. The van der Waals surface area contributed by atoms with Gasteiger partial charge in [0.15, 0.2) is 22.6 Å². The molecular weight excluding hydrogens is 448 g/mol. The Morgan fingerprint density at radius 1 is 1.17 bits per heavy atom. The van der Waals surface area contributed by atoms with Crippen LogP contribution in [0, 0.1) is 0 Å². The molecule has 1 aliphatic heterocycles. The number of hydrogen-bond donors (Lipinski definition) is 2. The quantitative estimate of drug-likeness (QED) is 0.398. The van der Waals surface area contributed by atoms with Crippen molar-refractivity contribution < 1.29 is 13.9 Å². The van der Waals surface area contributed by atoms with Crippen LogP contribution in [0.25, 0.3) is 28.3 Å². The van der Waals surface area contributed by atoms with Crippen LogP contribution < -0.4 is 11.1 Å². The second-order valence-electron chi connectivity index (χ2n) is 8.74. The molecule has 0 bridgehead atoms. The first-order chi connectivity index (χ1) is 17.1. The first-order valence-electron chi connectivity index (χ1n) is 11.4. The number of furan rings is 1. The van der Waals surface area contributed by atoms with E-state index in [0.29, 0.717) is 41.5 Å². The Labute approximate surface area is 199 Å². The molecule has 3 N–H and O–H groups in total. The molecule has 5 aromatic rings. The smallest absolute Gasteiger partial charge is 0.252 e. The van der Waals surface area contributed by atoms with Crippen LogP contribution in [0.3, 0.4) is 0 Å². The van der Waals surface area contributed by atoms with E-state index in [9.17, 15) is 4.79 Å². The minimum atomic E-state index is -1.21. The molecule has 35 heavy (non-hydrogen) atoms. The van der Waals surface area contributed by atoms with Gasteiger partial charge < -0.3 is 20.2 Å². The Balaban J connectivity index is 1.51. The van der Waals surface area contributed by atoms with Gasteiger partial charge in [-0.15, -0.1) is 5.10 Å². The molecule has 0 radical (unpaired) electrons. The molecule has 1 unspecified atom stereocenters. The zero-order valence-corrected chi connectivity index (χ0v) is 19.1. The molecule has 6 rings (SSSR count). The molecule has 1 amide bonds. The summed E-state index contributed by atoms with van der Waals surface area (Å²) in [4.78, 5) is 23.1. The van der Waals surface area contributed by atoms with Gasteiger partial charge in [-0.3, -0.25) is 4.79 Å². The molecule has 0 aliphatic carbocycles. The predicted octanol–water partition coefficient (Wildman–Crippen LogP) is 2.37. The van der Waals surface area contributed by atoms with E-state index in [1.807, 2.05) is 37.3 Å². The van der Waals surface area contributed by atoms with E-state index >= 15 is 0 Å². The maximum atomic E-state index is 13.9. The van der Waals surface area contributed by atoms with Crippen molar-refractivity contribution in [1.29, 1.82) is 0 Å². The Hall–Kier alpha value is -4.25. The highest BCUT2D eigenvalue weighted by atomic mass is 16.5. The number of nitrogens with one attached hydrogen (secondary N) is 1. The van der Waals surface area contributed by atoms with Crippen LogP contribution in [0.2, 0.25) is 0 Å². The lowest BCUT2D eigenvalue weighted by molar-refractivity contribution is -0.129. The molecule has 0 spiro atoms. The number of benzene rings is 1. The summed E-state index contributed by atoms with van der Waals surface area (Å²) in [6, 6.07) is 13.0. The first-order valence-corrected chi connectivity index (χ1v) is 11.4. The molecule has 2 atom stereocenters. The minimum Gasteiger partial charge on any atom is -0.461 e. The molecule has 5 heterocycles. The predicted molar refractivity (Wildman–Crippen MR) is 127 cm³/mol. The van der Waals surface area contributed by atoms with Crippen molar-refractivity contribution in [3.05, 3.63) is 60.5 Å². The average molecular weight is 473 g/mol. The van der Waals surface area contributed by atoms with Crippen LogP contribution in [-0.4, -0.2) is 54.5 Å². The lowest BCUT2D eigenvalue weighted by atomic mass is 9.90. The third kappa shape index (κ3) is 3.43. The summed E-state index contributed by atoms with van der Waals surface area (Å²) in [5.74, 6) is 0.805. The first kappa shape index (κ1) is 21.3. The van der Waals surface area contributed by atoms with Gasteiger partial charge in [0.2, 0.25) is 11.8 Å². The number of anilines is 1. The molecule has 178 valence electrons. The number of carbonyl (C=O) groups excluding carboxylic acids is 1. The number of hydrogen-bond acceptors (Lipinski definition) is 8. The van der Waals surface area contributed by atoms with E-state index < -0.39 is 5.54 Å². The molecule has 11 heteroatoms. The fourth-order valence-electron chi connectivity index (χ4n) is 4.54. The van der Waals surface area contributed by atoms with Gasteiger partial charge in [-0.2, -0.15) is 14.6 Å². The van der Waals surface area contributed by atoms with Gasteiger partial charge >= 0.3 is 0 Å². The van der Waals surface area contributed by atoms with E-state index in [1.165, 1.54) is 4.52 Å². The molecule has 1 aromatic carbocycles. The van der Waals surface area contributed by atoms with Crippen LogP contribution in [-0.2, 0) is 15.1 Å². The number of nitrogens with two attached hydrogens (primary N) is 1. The highest BCUT2D eigenvalue weighted by Gasteiger charge is 2.41. The van der Waals surface area contributed by atoms with E-state index in [0.717, 1.165) is 18.4 Å². The summed E-state index contributed by atoms with van der Waals surface area (Å²) in [5, 5.41) is 12.8. The minimum absolute atomic E-state index is 0.0711. The van der Waals surface area contributed by atoms with Crippen molar-refractivity contribution in [3.63, 3.8) is 0 Å².